The van der Waals surface area contributed by atoms with Gasteiger partial charge in [0.05, 0.1) is 11.8 Å². The first kappa shape index (κ1) is 11.8. The summed E-state index contributed by atoms with van der Waals surface area (Å²) in [7, 11) is 0. The molecule has 0 fully saturated rings. The molecule has 1 aromatic heterocycles. The smallest absolute Gasteiger partial charge is 0.123 e. The maximum absolute atomic E-state index is 8.95. The molecular formula is C12H19N3. The Balaban J connectivity index is 2.90. The molecule has 0 amide bonds. The van der Waals surface area contributed by atoms with Crippen molar-refractivity contribution in [1.82, 2.24) is 9.97 Å². The van der Waals surface area contributed by atoms with Crippen molar-refractivity contribution in [2.24, 2.45) is 5.92 Å². The van der Waals surface area contributed by atoms with Gasteiger partial charge in [0.1, 0.15) is 11.7 Å². The number of nitriles is 1. The van der Waals surface area contributed by atoms with Gasteiger partial charge in [0.25, 0.3) is 0 Å². The molecule has 3 nitrogen and oxygen atoms in total. The van der Waals surface area contributed by atoms with Crippen LogP contribution >= 0.6 is 0 Å². The molecule has 0 aliphatic carbocycles. The van der Waals surface area contributed by atoms with Gasteiger partial charge in [0, 0.05) is 5.69 Å². The summed E-state index contributed by atoms with van der Waals surface area (Å²) in [4.78, 5) is 7.73. The topological polar surface area (TPSA) is 52.5 Å². The first-order valence-electron chi connectivity index (χ1n) is 5.53. The van der Waals surface area contributed by atoms with E-state index in [4.69, 9.17) is 5.26 Å². The fourth-order valence-electron chi connectivity index (χ4n) is 1.62. The number of aryl methyl sites for hydroxylation is 1. The molecule has 1 aromatic rings. The number of nitrogens with one attached hydrogen (secondary N) is 1. The lowest BCUT2D eigenvalue weighted by atomic mass is 10.1. The standard InChI is InChI=1S/C12H19N3/c1-5-10(7-13)12-14-9(4)11(15-12)6-8(2)3/h8,10H,5-6H2,1-4H3,(H,14,15). The van der Waals surface area contributed by atoms with Crippen LogP contribution in [0.3, 0.4) is 0 Å². The van der Waals surface area contributed by atoms with Crippen LogP contribution < -0.4 is 0 Å². The van der Waals surface area contributed by atoms with Crippen LogP contribution in [0.2, 0.25) is 0 Å². The van der Waals surface area contributed by atoms with E-state index < -0.39 is 0 Å². The SMILES string of the molecule is CCC(C#N)c1nc(CC(C)C)c(C)[nH]1. The summed E-state index contributed by atoms with van der Waals surface area (Å²) in [6, 6.07) is 2.27. The largest absolute Gasteiger partial charge is 0.345 e. The Morgan fingerprint density at radius 1 is 1.47 bits per heavy atom. The van der Waals surface area contributed by atoms with Crippen molar-refractivity contribution in [3.05, 3.63) is 17.2 Å². The molecule has 0 aromatic carbocycles. The van der Waals surface area contributed by atoms with Crippen molar-refractivity contribution >= 4 is 0 Å². The van der Waals surface area contributed by atoms with Gasteiger partial charge in [-0.2, -0.15) is 5.26 Å². The Hall–Kier alpha value is -1.30. The highest BCUT2D eigenvalue weighted by atomic mass is 14.9. The van der Waals surface area contributed by atoms with Gasteiger partial charge < -0.3 is 4.98 Å². The molecule has 1 atom stereocenters. The number of H-pyrrole nitrogens is 1. The third kappa shape index (κ3) is 2.82. The van der Waals surface area contributed by atoms with Crippen molar-refractivity contribution in [3.8, 4) is 6.07 Å². The van der Waals surface area contributed by atoms with Gasteiger partial charge in [-0.1, -0.05) is 20.8 Å². The quantitative estimate of drug-likeness (QED) is 0.821. The summed E-state index contributed by atoms with van der Waals surface area (Å²) in [6.07, 6.45) is 1.79. The minimum Gasteiger partial charge on any atom is -0.345 e. The van der Waals surface area contributed by atoms with Crippen LogP contribution in [-0.2, 0) is 6.42 Å². The van der Waals surface area contributed by atoms with Crippen molar-refractivity contribution < 1.29 is 0 Å². The van der Waals surface area contributed by atoms with Crippen LogP contribution in [0.5, 0.6) is 0 Å². The average molecular weight is 205 g/mol. The summed E-state index contributed by atoms with van der Waals surface area (Å²) < 4.78 is 0. The normalized spacial score (nSPS) is 12.8. The van der Waals surface area contributed by atoms with E-state index in [-0.39, 0.29) is 5.92 Å². The number of hydrogen-bond acceptors (Lipinski definition) is 2. The van der Waals surface area contributed by atoms with Crippen LogP contribution in [0.15, 0.2) is 0 Å². The maximum Gasteiger partial charge on any atom is 0.123 e. The monoisotopic (exact) mass is 205 g/mol. The highest BCUT2D eigenvalue weighted by Gasteiger charge is 2.15. The van der Waals surface area contributed by atoms with Crippen LogP contribution in [0.4, 0.5) is 0 Å². The average Bonchev–Trinajstić information content (AvgIpc) is 2.49. The molecule has 1 unspecified atom stereocenters. The highest BCUT2D eigenvalue weighted by Crippen LogP contribution is 2.18. The van der Waals surface area contributed by atoms with Gasteiger partial charge in [-0.15, -0.1) is 0 Å². The van der Waals surface area contributed by atoms with Crippen LogP contribution in [0.1, 0.15) is 50.3 Å². The minimum absolute atomic E-state index is 0.0930. The summed E-state index contributed by atoms with van der Waals surface area (Å²) in [5.74, 6) is 1.33. The molecular weight excluding hydrogens is 186 g/mol. The van der Waals surface area contributed by atoms with Gasteiger partial charge >= 0.3 is 0 Å². The zero-order valence-electron chi connectivity index (χ0n) is 9.96. The number of aromatic amines is 1. The Morgan fingerprint density at radius 3 is 2.60 bits per heavy atom. The Bertz CT molecular complexity index is 357. The highest BCUT2D eigenvalue weighted by molar-refractivity contribution is 5.19. The molecule has 0 aliphatic heterocycles. The van der Waals surface area contributed by atoms with E-state index in [1.165, 1.54) is 0 Å². The van der Waals surface area contributed by atoms with E-state index in [1.807, 2.05) is 13.8 Å². The van der Waals surface area contributed by atoms with Crippen LogP contribution in [0, 0.1) is 24.2 Å². The molecule has 0 bridgehead atoms. The minimum atomic E-state index is -0.0930. The third-order valence-electron chi connectivity index (χ3n) is 2.50. The Kier molecular flexibility index (Phi) is 3.90. The molecule has 0 saturated heterocycles. The molecule has 3 heteroatoms. The molecule has 0 radical (unpaired) electrons. The van der Waals surface area contributed by atoms with Gasteiger partial charge in [-0.25, -0.2) is 4.98 Å². The number of nitrogens with zero attached hydrogens (tertiary/aromatic N) is 2. The summed E-state index contributed by atoms with van der Waals surface area (Å²) in [5, 5.41) is 8.95. The Morgan fingerprint density at radius 2 is 2.13 bits per heavy atom. The molecule has 82 valence electrons. The second kappa shape index (κ2) is 4.97. The predicted molar refractivity (Wildman–Crippen MR) is 60.5 cm³/mol. The van der Waals surface area contributed by atoms with Crippen molar-refractivity contribution in [1.29, 1.82) is 5.26 Å². The zero-order chi connectivity index (χ0) is 11.4. The molecule has 0 saturated carbocycles. The first-order valence-corrected chi connectivity index (χ1v) is 5.53. The fourth-order valence-corrected chi connectivity index (χ4v) is 1.62. The lowest BCUT2D eigenvalue weighted by molar-refractivity contribution is 0.632. The second-order valence-corrected chi connectivity index (χ2v) is 4.38. The number of hydrogen-bond donors (Lipinski definition) is 1. The molecule has 15 heavy (non-hydrogen) atoms. The second-order valence-electron chi connectivity index (χ2n) is 4.38. The fraction of sp³-hybridized carbons (Fsp3) is 0.667. The maximum atomic E-state index is 8.95. The van der Waals surface area contributed by atoms with Crippen molar-refractivity contribution in [3.63, 3.8) is 0 Å². The van der Waals surface area contributed by atoms with Crippen molar-refractivity contribution in [2.75, 3.05) is 0 Å². The summed E-state index contributed by atoms with van der Waals surface area (Å²) in [5.41, 5.74) is 2.21. The Labute approximate surface area is 91.5 Å². The number of aromatic nitrogens is 2. The van der Waals surface area contributed by atoms with E-state index in [2.05, 4.69) is 29.9 Å². The lowest BCUT2D eigenvalue weighted by Crippen LogP contribution is -1.98. The van der Waals surface area contributed by atoms with Crippen molar-refractivity contribution in [2.45, 2.75) is 46.5 Å². The van der Waals surface area contributed by atoms with Crippen LogP contribution in [0.25, 0.3) is 0 Å². The summed E-state index contributed by atoms with van der Waals surface area (Å²) in [6.45, 7) is 8.39. The lowest BCUT2D eigenvalue weighted by Gasteiger charge is -2.01. The van der Waals surface area contributed by atoms with Gasteiger partial charge in [0.15, 0.2) is 0 Å². The summed E-state index contributed by atoms with van der Waals surface area (Å²) >= 11 is 0. The van der Waals surface area contributed by atoms with Gasteiger partial charge in [-0.3, -0.25) is 0 Å². The first-order chi connectivity index (χ1) is 7.08. The molecule has 1 rings (SSSR count). The van der Waals surface area contributed by atoms with Gasteiger partial charge in [0.2, 0.25) is 0 Å². The molecule has 0 aliphatic rings. The van der Waals surface area contributed by atoms with Gasteiger partial charge in [-0.05, 0) is 25.7 Å². The molecule has 0 spiro atoms. The van der Waals surface area contributed by atoms with E-state index in [9.17, 15) is 0 Å². The number of rotatable bonds is 4. The van der Waals surface area contributed by atoms with E-state index in [0.29, 0.717) is 5.92 Å². The van der Waals surface area contributed by atoms with E-state index >= 15 is 0 Å². The predicted octanol–water partition coefficient (Wildman–Crippen LogP) is 2.93. The third-order valence-corrected chi connectivity index (χ3v) is 2.50. The van der Waals surface area contributed by atoms with E-state index in [1.54, 1.807) is 0 Å². The zero-order valence-corrected chi connectivity index (χ0v) is 9.96. The van der Waals surface area contributed by atoms with Crippen LogP contribution in [-0.4, -0.2) is 9.97 Å². The van der Waals surface area contributed by atoms with E-state index in [0.717, 1.165) is 30.1 Å². The number of imidazole rings is 1. The molecule has 1 heterocycles. The molecule has 1 N–H and O–H groups in total.